The molecule has 2 unspecified atom stereocenters. The molecular weight excluding hydrogens is 264 g/mol. The Labute approximate surface area is 116 Å². The van der Waals surface area contributed by atoms with Gasteiger partial charge in [0.2, 0.25) is 0 Å². The van der Waals surface area contributed by atoms with Crippen molar-refractivity contribution in [2.24, 2.45) is 0 Å². The molecule has 0 N–H and O–H groups in total. The summed E-state index contributed by atoms with van der Waals surface area (Å²) in [5.41, 5.74) is 2.18. The molecule has 20 heavy (non-hydrogen) atoms. The van der Waals surface area contributed by atoms with Crippen molar-refractivity contribution in [3.05, 3.63) is 35.4 Å². The zero-order chi connectivity index (χ0) is 14.5. The molecule has 0 aromatic heterocycles. The number of carbonyl (C=O) groups excluding carboxylic acids is 2. The van der Waals surface area contributed by atoms with Gasteiger partial charge >= 0.3 is 11.9 Å². The number of carbonyl (C=O) groups is 2. The summed E-state index contributed by atoms with van der Waals surface area (Å²) in [5, 5.41) is 0. The van der Waals surface area contributed by atoms with E-state index in [1.54, 1.807) is 0 Å². The third kappa shape index (κ3) is 3.79. The van der Waals surface area contributed by atoms with Crippen molar-refractivity contribution in [3.63, 3.8) is 0 Å². The van der Waals surface area contributed by atoms with Crippen molar-refractivity contribution in [3.8, 4) is 0 Å². The van der Waals surface area contributed by atoms with Gasteiger partial charge < -0.3 is 0 Å². The van der Waals surface area contributed by atoms with Crippen molar-refractivity contribution < 1.29 is 29.1 Å². The Kier molecular flexibility index (Phi) is 4.70. The standard InChI is InChI=1S/C14H16O6/c1-9(15)17-19-13-7-11-5-3-4-6-12(11)8-14(13)20-18-10(2)16/h3-6,13-14H,7-8H2,1-2H3. The van der Waals surface area contributed by atoms with Gasteiger partial charge in [-0.25, -0.2) is 9.59 Å². The van der Waals surface area contributed by atoms with Crippen LogP contribution in [0.2, 0.25) is 0 Å². The van der Waals surface area contributed by atoms with Gasteiger partial charge in [0.1, 0.15) is 12.2 Å². The Morgan fingerprint density at radius 1 is 0.900 bits per heavy atom. The van der Waals surface area contributed by atoms with Crippen molar-refractivity contribution in [2.75, 3.05) is 0 Å². The predicted octanol–water partition coefficient (Wildman–Crippen LogP) is 1.51. The van der Waals surface area contributed by atoms with E-state index in [9.17, 15) is 9.59 Å². The molecule has 1 aliphatic rings. The number of benzene rings is 1. The molecule has 1 aliphatic carbocycles. The van der Waals surface area contributed by atoms with Crippen LogP contribution in [-0.4, -0.2) is 24.1 Å². The van der Waals surface area contributed by atoms with Gasteiger partial charge in [0.25, 0.3) is 0 Å². The largest absolute Gasteiger partial charge is 0.339 e. The molecule has 1 aromatic carbocycles. The first-order chi connectivity index (χ1) is 9.56. The Bertz CT molecular complexity index is 453. The second kappa shape index (κ2) is 6.49. The van der Waals surface area contributed by atoms with E-state index in [1.165, 1.54) is 13.8 Å². The zero-order valence-corrected chi connectivity index (χ0v) is 11.3. The van der Waals surface area contributed by atoms with E-state index < -0.39 is 24.1 Å². The predicted molar refractivity (Wildman–Crippen MR) is 67.1 cm³/mol. The van der Waals surface area contributed by atoms with Crippen LogP contribution in [0.25, 0.3) is 0 Å². The molecule has 2 atom stereocenters. The average molecular weight is 280 g/mol. The Morgan fingerprint density at radius 3 is 1.65 bits per heavy atom. The first-order valence-electron chi connectivity index (χ1n) is 6.31. The van der Waals surface area contributed by atoms with Crippen molar-refractivity contribution in [1.82, 2.24) is 0 Å². The van der Waals surface area contributed by atoms with E-state index in [4.69, 9.17) is 9.78 Å². The molecule has 0 fully saturated rings. The molecule has 0 aliphatic heterocycles. The van der Waals surface area contributed by atoms with Crippen LogP contribution in [0.1, 0.15) is 25.0 Å². The van der Waals surface area contributed by atoms with Crippen LogP contribution >= 0.6 is 0 Å². The van der Waals surface area contributed by atoms with Crippen molar-refractivity contribution >= 4 is 11.9 Å². The maximum absolute atomic E-state index is 10.8. The molecule has 0 spiro atoms. The third-order valence-corrected chi connectivity index (χ3v) is 2.95. The number of rotatable bonds is 4. The summed E-state index contributed by atoms with van der Waals surface area (Å²) in [6.45, 7) is 2.50. The van der Waals surface area contributed by atoms with E-state index in [0.29, 0.717) is 12.8 Å². The highest BCUT2D eigenvalue weighted by molar-refractivity contribution is 5.65. The van der Waals surface area contributed by atoms with Crippen LogP contribution in [-0.2, 0) is 42.0 Å². The number of fused-ring (bicyclic) bond motifs is 1. The summed E-state index contributed by atoms with van der Waals surface area (Å²) in [6.07, 6.45) is -0.0218. The lowest BCUT2D eigenvalue weighted by Gasteiger charge is -2.29. The summed E-state index contributed by atoms with van der Waals surface area (Å²) >= 11 is 0. The second-order valence-corrected chi connectivity index (χ2v) is 4.60. The maximum Gasteiger partial charge on any atom is 0.339 e. The minimum Gasteiger partial charge on any atom is -0.298 e. The van der Waals surface area contributed by atoms with Gasteiger partial charge in [-0.1, -0.05) is 24.3 Å². The molecule has 0 radical (unpaired) electrons. The first-order valence-corrected chi connectivity index (χ1v) is 6.31. The van der Waals surface area contributed by atoms with Crippen molar-refractivity contribution in [2.45, 2.75) is 38.9 Å². The lowest BCUT2D eigenvalue weighted by Crippen LogP contribution is -2.39. The number of hydrogen-bond donors (Lipinski definition) is 0. The van der Waals surface area contributed by atoms with Crippen LogP contribution in [0.15, 0.2) is 24.3 Å². The molecule has 0 saturated carbocycles. The second-order valence-electron chi connectivity index (χ2n) is 4.60. The highest BCUT2D eigenvalue weighted by Crippen LogP contribution is 2.25. The quantitative estimate of drug-likeness (QED) is 0.615. The molecule has 0 bridgehead atoms. The fraction of sp³-hybridized carbons (Fsp3) is 0.429. The monoisotopic (exact) mass is 280 g/mol. The highest BCUT2D eigenvalue weighted by atomic mass is 17.2. The third-order valence-electron chi connectivity index (χ3n) is 2.95. The summed E-state index contributed by atoms with van der Waals surface area (Å²) in [4.78, 5) is 41.0. The lowest BCUT2D eigenvalue weighted by molar-refractivity contribution is -0.360. The molecular formula is C14H16O6. The highest BCUT2D eigenvalue weighted by Gasteiger charge is 2.33. The molecule has 6 heteroatoms. The molecule has 0 heterocycles. The smallest absolute Gasteiger partial charge is 0.298 e. The van der Waals surface area contributed by atoms with Gasteiger partial charge in [-0.2, -0.15) is 9.78 Å². The topological polar surface area (TPSA) is 71.1 Å². The SMILES string of the molecule is CC(=O)OOC1Cc2ccccc2CC1OOC(C)=O. The van der Waals surface area contributed by atoms with E-state index in [-0.39, 0.29) is 0 Å². The van der Waals surface area contributed by atoms with Crippen molar-refractivity contribution in [1.29, 1.82) is 0 Å². The van der Waals surface area contributed by atoms with Gasteiger partial charge in [0, 0.05) is 26.7 Å². The van der Waals surface area contributed by atoms with Crippen LogP contribution in [0, 0.1) is 0 Å². The van der Waals surface area contributed by atoms with Gasteiger partial charge in [-0.15, -0.1) is 0 Å². The first kappa shape index (κ1) is 14.5. The van der Waals surface area contributed by atoms with Crippen LogP contribution < -0.4 is 0 Å². The Morgan fingerprint density at radius 2 is 1.30 bits per heavy atom. The van der Waals surface area contributed by atoms with E-state index in [0.717, 1.165) is 11.1 Å². The van der Waals surface area contributed by atoms with Crippen LogP contribution in [0.5, 0.6) is 0 Å². The fourth-order valence-electron chi connectivity index (χ4n) is 2.10. The van der Waals surface area contributed by atoms with E-state index >= 15 is 0 Å². The van der Waals surface area contributed by atoms with Gasteiger partial charge in [0.15, 0.2) is 0 Å². The molecule has 6 nitrogen and oxygen atoms in total. The van der Waals surface area contributed by atoms with Gasteiger partial charge in [0.05, 0.1) is 0 Å². The summed E-state index contributed by atoms with van der Waals surface area (Å²) in [6, 6.07) is 7.80. The van der Waals surface area contributed by atoms with Gasteiger partial charge in [-0.05, 0) is 11.1 Å². The summed E-state index contributed by atoms with van der Waals surface area (Å²) in [7, 11) is 0. The average Bonchev–Trinajstić information content (AvgIpc) is 2.42. The minimum atomic E-state index is -0.546. The van der Waals surface area contributed by atoms with Crippen LogP contribution in [0.4, 0.5) is 0 Å². The van der Waals surface area contributed by atoms with Gasteiger partial charge in [-0.3, -0.25) is 9.78 Å². The molecule has 0 saturated heterocycles. The summed E-state index contributed by atoms with van der Waals surface area (Å²) < 4.78 is 0. The molecule has 2 rings (SSSR count). The normalized spacial score (nSPS) is 20.9. The van der Waals surface area contributed by atoms with E-state index in [2.05, 4.69) is 9.78 Å². The molecule has 0 amide bonds. The Hall–Kier alpha value is -1.92. The fourth-order valence-corrected chi connectivity index (χ4v) is 2.10. The van der Waals surface area contributed by atoms with Crippen LogP contribution in [0.3, 0.4) is 0 Å². The summed E-state index contributed by atoms with van der Waals surface area (Å²) in [5.74, 6) is -1.09. The minimum absolute atomic E-state index is 0.509. The lowest BCUT2D eigenvalue weighted by atomic mass is 9.88. The maximum atomic E-state index is 10.8. The zero-order valence-electron chi connectivity index (χ0n) is 11.3. The number of hydrogen-bond acceptors (Lipinski definition) is 6. The van der Waals surface area contributed by atoms with E-state index in [1.807, 2.05) is 24.3 Å². The Balaban J connectivity index is 2.08. The molecule has 108 valence electrons. The molecule has 1 aromatic rings.